The van der Waals surface area contributed by atoms with Crippen molar-refractivity contribution in [1.29, 1.82) is 0 Å². The Kier molecular flexibility index (Phi) is 6.99. The lowest BCUT2D eigenvalue weighted by Gasteiger charge is -2.08. The van der Waals surface area contributed by atoms with Crippen LogP contribution in [0.1, 0.15) is 17.5 Å². The number of imidazole rings is 1. The molecule has 2 aromatic heterocycles. The quantitative estimate of drug-likeness (QED) is 0.279. The number of aryl methyl sites for hydroxylation is 3. The van der Waals surface area contributed by atoms with Crippen LogP contribution >= 0.6 is 15.9 Å². The number of benzene rings is 2. The van der Waals surface area contributed by atoms with Gasteiger partial charge in [-0.15, -0.1) is 0 Å². The summed E-state index contributed by atoms with van der Waals surface area (Å²) in [5, 5.41) is 4.27. The largest absolute Gasteiger partial charge is 0.329 e. The molecule has 9 heteroatoms. The minimum absolute atomic E-state index is 0.306. The second kappa shape index (κ2) is 10.3. The van der Waals surface area contributed by atoms with Gasteiger partial charge in [-0.1, -0.05) is 60.7 Å². The summed E-state index contributed by atoms with van der Waals surface area (Å²) in [6.45, 7) is 0.533. The van der Waals surface area contributed by atoms with Crippen molar-refractivity contribution in [2.24, 2.45) is 12.1 Å². The number of allylic oxidation sites excluding steroid dienone is 1. The molecule has 0 fully saturated rings. The first-order valence-corrected chi connectivity index (χ1v) is 11.3. The average molecular weight is 507 g/mol. The number of nitrogens with one attached hydrogen (secondary N) is 2. The summed E-state index contributed by atoms with van der Waals surface area (Å²) in [5.41, 5.74) is 4.83. The highest BCUT2D eigenvalue weighted by atomic mass is 79.9. The van der Waals surface area contributed by atoms with Crippen LogP contribution in [0.5, 0.6) is 0 Å². The van der Waals surface area contributed by atoms with E-state index in [1.165, 1.54) is 10.1 Å². The standard InChI is InChI=1S/C24H23BrN6O2/c1-30-21-20(22(32)28-24(30)33)31(14-8-13-17-9-4-2-5-10-17)23(27-21)29-26-16-19(25)15-18-11-6-3-7-12-18/h2-7,9-12,15-16H,8,13-14H2,1H3,(H,27,29)(H,28,32,33)/b19-15-,26-16+. The lowest BCUT2D eigenvalue weighted by molar-refractivity contribution is 0.659. The summed E-state index contributed by atoms with van der Waals surface area (Å²) in [5.74, 6) is 0.390. The molecular formula is C24H23BrN6O2. The van der Waals surface area contributed by atoms with Gasteiger partial charge in [0.05, 0.1) is 6.21 Å². The van der Waals surface area contributed by atoms with E-state index in [-0.39, 0.29) is 0 Å². The fraction of sp³-hybridized carbons (Fsp3) is 0.167. The molecular weight excluding hydrogens is 484 g/mol. The monoisotopic (exact) mass is 506 g/mol. The molecule has 0 spiro atoms. The van der Waals surface area contributed by atoms with Gasteiger partial charge in [0, 0.05) is 18.1 Å². The summed E-state index contributed by atoms with van der Waals surface area (Å²) in [6.07, 6.45) is 5.18. The van der Waals surface area contributed by atoms with Gasteiger partial charge in [0.15, 0.2) is 11.2 Å². The van der Waals surface area contributed by atoms with Gasteiger partial charge in [0.2, 0.25) is 5.95 Å². The first kappa shape index (κ1) is 22.5. The number of anilines is 1. The highest BCUT2D eigenvalue weighted by Crippen LogP contribution is 2.17. The van der Waals surface area contributed by atoms with Crippen molar-refractivity contribution in [2.45, 2.75) is 19.4 Å². The number of aromatic nitrogens is 4. The molecule has 4 rings (SSSR count). The van der Waals surface area contributed by atoms with Gasteiger partial charge in [-0.3, -0.25) is 14.3 Å². The van der Waals surface area contributed by atoms with E-state index in [9.17, 15) is 9.59 Å². The molecule has 2 aromatic carbocycles. The van der Waals surface area contributed by atoms with E-state index >= 15 is 0 Å². The van der Waals surface area contributed by atoms with E-state index in [1.54, 1.807) is 17.8 Å². The molecule has 0 unspecified atom stereocenters. The van der Waals surface area contributed by atoms with Crippen molar-refractivity contribution in [3.63, 3.8) is 0 Å². The van der Waals surface area contributed by atoms with E-state index in [0.717, 1.165) is 22.9 Å². The number of fused-ring (bicyclic) bond motifs is 1. The minimum Gasteiger partial charge on any atom is -0.303 e. The molecule has 2 N–H and O–H groups in total. The van der Waals surface area contributed by atoms with Gasteiger partial charge in [-0.25, -0.2) is 10.2 Å². The number of hydrazone groups is 1. The Balaban J connectivity index is 1.60. The zero-order chi connectivity index (χ0) is 23.2. The van der Waals surface area contributed by atoms with Crippen LogP contribution in [0.4, 0.5) is 5.95 Å². The van der Waals surface area contributed by atoms with Crippen molar-refractivity contribution in [2.75, 3.05) is 5.43 Å². The number of aromatic amines is 1. The molecule has 0 amide bonds. The number of halogens is 1. The fourth-order valence-electron chi connectivity index (χ4n) is 3.52. The molecule has 0 saturated heterocycles. The lowest BCUT2D eigenvalue weighted by atomic mass is 10.1. The van der Waals surface area contributed by atoms with Crippen molar-refractivity contribution in [1.82, 2.24) is 19.1 Å². The van der Waals surface area contributed by atoms with E-state index in [4.69, 9.17) is 0 Å². The van der Waals surface area contributed by atoms with Crippen molar-refractivity contribution < 1.29 is 0 Å². The second-order valence-corrected chi connectivity index (χ2v) is 8.39. The predicted octanol–water partition coefficient (Wildman–Crippen LogP) is 3.89. The molecule has 0 atom stereocenters. The summed E-state index contributed by atoms with van der Waals surface area (Å²) in [6, 6.07) is 20.0. The Bertz CT molecular complexity index is 1420. The molecule has 4 aromatic rings. The van der Waals surface area contributed by atoms with Crippen LogP contribution in [-0.2, 0) is 20.0 Å². The zero-order valence-corrected chi connectivity index (χ0v) is 19.6. The number of hydrogen-bond acceptors (Lipinski definition) is 5. The molecule has 8 nitrogen and oxygen atoms in total. The van der Waals surface area contributed by atoms with Crippen LogP contribution in [0.2, 0.25) is 0 Å². The van der Waals surface area contributed by atoms with Gasteiger partial charge < -0.3 is 4.57 Å². The van der Waals surface area contributed by atoms with E-state index in [0.29, 0.717) is 23.7 Å². The smallest absolute Gasteiger partial charge is 0.303 e. The Hall–Kier alpha value is -3.72. The molecule has 0 saturated carbocycles. The van der Waals surface area contributed by atoms with E-state index in [1.807, 2.05) is 54.6 Å². The number of rotatable bonds is 8. The highest BCUT2D eigenvalue weighted by Gasteiger charge is 2.17. The first-order valence-electron chi connectivity index (χ1n) is 10.5. The summed E-state index contributed by atoms with van der Waals surface area (Å²) in [4.78, 5) is 31.5. The van der Waals surface area contributed by atoms with Crippen molar-refractivity contribution in [3.05, 3.63) is 97.1 Å². The van der Waals surface area contributed by atoms with Crippen LogP contribution in [0, 0.1) is 0 Å². The maximum absolute atomic E-state index is 12.6. The van der Waals surface area contributed by atoms with Gasteiger partial charge >= 0.3 is 5.69 Å². The van der Waals surface area contributed by atoms with Crippen molar-refractivity contribution >= 4 is 45.3 Å². The zero-order valence-electron chi connectivity index (χ0n) is 18.0. The normalized spacial score (nSPS) is 12.0. The Morgan fingerprint density at radius 1 is 1.12 bits per heavy atom. The second-order valence-electron chi connectivity index (χ2n) is 7.48. The molecule has 0 aliphatic heterocycles. The van der Waals surface area contributed by atoms with Crippen LogP contribution in [-0.4, -0.2) is 25.3 Å². The third kappa shape index (κ3) is 5.38. The van der Waals surface area contributed by atoms with Crippen LogP contribution < -0.4 is 16.7 Å². The molecule has 0 aliphatic rings. The van der Waals surface area contributed by atoms with Gasteiger partial charge in [-0.05, 0) is 46.0 Å². The van der Waals surface area contributed by atoms with Crippen LogP contribution in [0.25, 0.3) is 17.2 Å². The van der Waals surface area contributed by atoms with Crippen LogP contribution in [0.3, 0.4) is 0 Å². The van der Waals surface area contributed by atoms with Crippen LogP contribution in [0.15, 0.2) is 79.8 Å². The predicted molar refractivity (Wildman–Crippen MR) is 136 cm³/mol. The molecule has 0 radical (unpaired) electrons. The maximum Gasteiger partial charge on any atom is 0.329 e. The third-order valence-electron chi connectivity index (χ3n) is 5.15. The molecule has 2 heterocycles. The van der Waals surface area contributed by atoms with E-state index < -0.39 is 11.2 Å². The molecule has 0 aliphatic carbocycles. The van der Waals surface area contributed by atoms with E-state index in [2.05, 4.69) is 48.6 Å². The highest BCUT2D eigenvalue weighted by molar-refractivity contribution is 9.12. The third-order valence-corrected chi connectivity index (χ3v) is 5.59. The van der Waals surface area contributed by atoms with Gasteiger partial charge in [0.1, 0.15) is 0 Å². The molecule has 33 heavy (non-hydrogen) atoms. The Morgan fingerprint density at radius 3 is 2.55 bits per heavy atom. The topological polar surface area (TPSA) is 97.1 Å². The fourth-order valence-corrected chi connectivity index (χ4v) is 3.89. The average Bonchev–Trinajstić information content (AvgIpc) is 3.18. The number of hydrogen-bond donors (Lipinski definition) is 2. The summed E-state index contributed by atoms with van der Waals surface area (Å²) in [7, 11) is 1.58. The number of H-pyrrole nitrogens is 1. The molecule has 168 valence electrons. The summed E-state index contributed by atoms with van der Waals surface area (Å²) < 4.78 is 3.85. The molecule has 0 bridgehead atoms. The Morgan fingerprint density at radius 2 is 1.82 bits per heavy atom. The number of nitrogens with zero attached hydrogens (tertiary/aromatic N) is 4. The minimum atomic E-state index is -0.509. The Labute approximate surface area is 198 Å². The summed E-state index contributed by atoms with van der Waals surface area (Å²) >= 11 is 3.49. The van der Waals surface area contributed by atoms with Gasteiger partial charge in [0.25, 0.3) is 5.56 Å². The first-order chi connectivity index (χ1) is 16.0. The van der Waals surface area contributed by atoms with Gasteiger partial charge in [-0.2, -0.15) is 10.1 Å². The maximum atomic E-state index is 12.6. The lowest BCUT2D eigenvalue weighted by Crippen LogP contribution is -2.29. The van der Waals surface area contributed by atoms with Crippen molar-refractivity contribution in [3.8, 4) is 0 Å². The SMILES string of the molecule is Cn1c(=O)[nH]c(=O)c2c1nc(N/N=C/C(Br)=C/c1ccccc1)n2CCCc1ccccc1.